The topological polar surface area (TPSA) is 118 Å². The number of primary sulfonamides is 1. The van der Waals surface area contributed by atoms with Crippen LogP contribution in [-0.4, -0.2) is 20.2 Å². The molecule has 0 fully saturated rings. The molecule has 0 unspecified atom stereocenters. The first-order valence-electron chi connectivity index (χ1n) is 8.28. The normalized spacial score (nSPS) is 11.1. The standard InChI is InChI=1S/C19H16ClN3O4S2/c20-15-8-5-13(10-16(15)23-19(25)17-2-1-9-28-17)18(24)22-11-12-3-6-14(7-4-12)29(21,26)27/h1-10H,11H2,(H,22,24)(H,23,25)(H2,21,26,27). The van der Waals surface area contributed by atoms with Crippen LogP contribution in [0, 0.1) is 0 Å². The minimum atomic E-state index is -3.76. The van der Waals surface area contributed by atoms with Crippen LogP contribution in [0.5, 0.6) is 0 Å². The van der Waals surface area contributed by atoms with E-state index in [9.17, 15) is 18.0 Å². The summed E-state index contributed by atoms with van der Waals surface area (Å²) >= 11 is 7.42. The predicted octanol–water partition coefficient (Wildman–Crippen LogP) is 3.23. The SMILES string of the molecule is NS(=O)(=O)c1ccc(CNC(=O)c2ccc(Cl)c(NC(=O)c3cccs3)c2)cc1. The molecule has 0 saturated carbocycles. The number of benzene rings is 2. The molecule has 3 aromatic rings. The lowest BCUT2D eigenvalue weighted by Gasteiger charge is -2.10. The third-order valence-electron chi connectivity index (χ3n) is 3.93. The lowest BCUT2D eigenvalue weighted by atomic mass is 10.1. The van der Waals surface area contributed by atoms with Gasteiger partial charge in [0.05, 0.1) is 20.5 Å². The van der Waals surface area contributed by atoms with Crippen molar-refractivity contribution in [3.05, 3.63) is 81.0 Å². The Hall–Kier alpha value is -2.72. The van der Waals surface area contributed by atoms with Gasteiger partial charge in [-0.25, -0.2) is 13.6 Å². The van der Waals surface area contributed by atoms with Crippen LogP contribution in [0.4, 0.5) is 5.69 Å². The van der Waals surface area contributed by atoms with Crippen molar-refractivity contribution >= 4 is 50.5 Å². The molecular formula is C19H16ClN3O4S2. The molecule has 2 aromatic carbocycles. The molecule has 29 heavy (non-hydrogen) atoms. The van der Waals surface area contributed by atoms with Crippen LogP contribution in [0.15, 0.2) is 64.9 Å². The Labute approximate surface area is 176 Å². The first kappa shape index (κ1) is 21.0. The third kappa shape index (κ3) is 5.42. The molecule has 0 aliphatic heterocycles. The summed E-state index contributed by atoms with van der Waals surface area (Å²) in [6, 6.07) is 13.9. The maximum atomic E-state index is 12.4. The predicted molar refractivity (Wildman–Crippen MR) is 113 cm³/mol. The highest BCUT2D eigenvalue weighted by atomic mass is 35.5. The number of anilines is 1. The Bertz CT molecular complexity index is 1140. The van der Waals surface area contributed by atoms with Gasteiger partial charge in [-0.05, 0) is 47.3 Å². The molecular weight excluding hydrogens is 434 g/mol. The summed E-state index contributed by atoms with van der Waals surface area (Å²) in [6.45, 7) is 0.184. The van der Waals surface area contributed by atoms with E-state index in [1.807, 2.05) is 0 Å². The molecule has 3 rings (SSSR count). The van der Waals surface area contributed by atoms with Crippen LogP contribution in [0.3, 0.4) is 0 Å². The minimum Gasteiger partial charge on any atom is -0.348 e. The van der Waals surface area contributed by atoms with Gasteiger partial charge in [-0.2, -0.15) is 0 Å². The molecule has 0 aliphatic rings. The number of carbonyl (C=O) groups excluding carboxylic acids is 2. The van der Waals surface area contributed by atoms with Crippen LogP contribution < -0.4 is 15.8 Å². The highest BCUT2D eigenvalue weighted by Crippen LogP contribution is 2.24. The number of hydrogen-bond acceptors (Lipinski definition) is 5. The van der Waals surface area contributed by atoms with Gasteiger partial charge in [0.15, 0.2) is 0 Å². The van der Waals surface area contributed by atoms with E-state index in [4.69, 9.17) is 16.7 Å². The van der Waals surface area contributed by atoms with Crippen LogP contribution >= 0.6 is 22.9 Å². The zero-order chi connectivity index (χ0) is 21.0. The van der Waals surface area contributed by atoms with Crippen molar-refractivity contribution in [1.82, 2.24) is 5.32 Å². The highest BCUT2D eigenvalue weighted by Gasteiger charge is 2.13. The third-order valence-corrected chi connectivity index (χ3v) is 6.05. The summed E-state index contributed by atoms with van der Waals surface area (Å²) in [5.74, 6) is -0.682. The molecule has 1 heterocycles. The lowest BCUT2D eigenvalue weighted by Crippen LogP contribution is -2.23. The number of nitrogens with two attached hydrogens (primary N) is 1. The molecule has 2 amide bonds. The second kappa shape index (κ2) is 8.75. The van der Waals surface area contributed by atoms with Gasteiger partial charge >= 0.3 is 0 Å². The van der Waals surface area contributed by atoms with E-state index in [1.54, 1.807) is 35.7 Å². The summed E-state index contributed by atoms with van der Waals surface area (Å²) in [6.07, 6.45) is 0. The molecule has 0 aliphatic carbocycles. The minimum absolute atomic E-state index is 0.00333. The molecule has 150 valence electrons. The van der Waals surface area contributed by atoms with E-state index in [2.05, 4.69) is 10.6 Å². The van der Waals surface area contributed by atoms with E-state index in [1.165, 1.54) is 35.6 Å². The van der Waals surface area contributed by atoms with Crippen molar-refractivity contribution in [3.63, 3.8) is 0 Å². The van der Waals surface area contributed by atoms with E-state index in [0.29, 0.717) is 26.7 Å². The Kier molecular flexibility index (Phi) is 6.33. The zero-order valence-corrected chi connectivity index (χ0v) is 17.3. The second-order valence-corrected chi connectivity index (χ2v) is 8.91. The van der Waals surface area contributed by atoms with Gasteiger partial charge in [0.25, 0.3) is 11.8 Å². The van der Waals surface area contributed by atoms with Crippen molar-refractivity contribution < 1.29 is 18.0 Å². The highest BCUT2D eigenvalue weighted by molar-refractivity contribution is 7.89. The van der Waals surface area contributed by atoms with Crippen LogP contribution in [0.25, 0.3) is 0 Å². The van der Waals surface area contributed by atoms with E-state index >= 15 is 0 Å². The number of sulfonamides is 1. The maximum Gasteiger partial charge on any atom is 0.265 e. The van der Waals surface area contributed by atoms with Gasteiger partial charge in [0, 0.05) is 12.1 Å². The fourth-order valence-corrected chi connectivity index (χ4v) is 3.73. The van der Waals surface area contributed by atoms with Gasteiger partial charge in [-0.3, -0.25) is 9.59 Å². The summed E-state index contributed by atoms with van der Waals surface area (Å²) < 4.78 is 22.5. The molecule has 0 radical (unpaired) electrons. The number of amides is 2. The van der Waals surface area contributed by atoms with E-state index < -0.39 is 10.0 Å². The van der Waals surface area contributed by atoms with E-state index in [0.717, 1.165) is 0 Å². The second-order valence-electron chi connectivity index (χ2n) is 6.00. The van der Waals surface area contributed by atoms with Crippen LogP contribution in [0.2, 0.25) is 5.02 Å². The van der Waals surface area contributed by atoms with Crippen molar-refractivity contribution in [2.75, 3.05) is 5.32 Å². The summed E-state index contributed by atoms with van der Waals surface area (Å²) in [7, 11) is -3.76. The Morgan fingerprint density at radius 2 is 1.76 bits per heavy atom. The van der Waals surface area contributed by atoms with Gasteiger partial charge in [0.1, 0.15) is 0 Å². The number of thiophene rings is 1. The largest absolute Gasteiger partial charge is 0.348 e. The summed E-state index contributed by atoms with van der Waals surface area (Å²) in [5, 5.41) is 12.6. The Morgan fingerprint density at radius 3 is 2.38 bits per heavy atom. The molecule has 0 saturated heterocycles. The smallest absolute Gasteiger partial charge is 0.265 e. The number of rotatable bonds is 6. The van der Waals surface area contributed by atoms with Gasteiger partial charge in [-0.15, -0.1) is 11.3 Å². The molecule has 0 atom stereocenters. The van der Waals surface area contributed by atoms with Gasteiger partial charge in [0.2, 0.25) is 10.0 Å². The first-order chi connectivity index (χ1) is 13.7. The summed E-state index contributed by atoms with van der Waals surface area (Å²) in [4.78, 5) is 25.2. The monoisotopic (exact) mass is 449 g/mol. The van der Waals surface area contributed by atoms with Crippen LogP contribution in [-0.2, 0) is 16.6 Å². The molecule has 0 bridgehead atoms. The van der Waals surface area contributed by atoms with Crippen LogP contribution in [0.1, 0.15) is 25.6 Å². The fraction of sp³-hybridized carbons (Fsp3) is 0.0526. The lowest BCUT2D eigenvalue weighted by molar-refractivity contribution is 0.0949. The van der Waals surface area contributed by atoms with E-state index in [-0.39, 0.29) is 23.3 Å². The molecule has 10 heteroatoms. The van der Waals surface area contributed by atoms with Crippen molar-refractivity contribution in [2.45, 2.75) is 11.4 Å². The Morgan fingerprint density at radius 1 is 1.03 bits per heavy atom. The number of halogens is 1. The first-order valence-corrected chi connectivity index (χ1v) is 11.1. The van der Waals surface area contributed by atoms with Crippen molar-refractivity contribution in [2.24, 2.45) is 5.14 Å². The zero-order valence-electron chi connectivity index (χ0n) is 14.9. The van der Waals surface area contributed by atoms with Gasteiger partial charge < -0.3 is 10.6 Å². The quantitative estimate of drug-likeness (QED) is 0.535. The average molecular weight is 450 g/mol. The molecule has 4 N–H and O–H groups in total. The number of hydrogen-bond donors (Lipinski definition) is 3. The van der Waals surface area contributed by atoms with Crippen molar-refractivity contribution in [3.8, 4) is 0 Å². The number of nitrogens with one attached hydrogen (secondary N) is 2. The van der Waals surface area contributed by atoms with Gasteiger partial charge in [-0.1, -0.05) is 29.8 Å². The number of carbonyl (C=O) groups is 2. The average Bonchev–Trinajstić information content (AvgIpc) is 3.22. The summed E-state index contributed by atoms with van der Waals surface area (Å²) in [5.41, 5.74) is 1.35. The molecule has 7 nitrogen and oxygen atoms in total. The molecule has 0 spiro atoms. The van der Waals surface area contributed by atoms with Crippen molar-refractivity contribution in [1.29, 1.82) is 0 Å². The maximum absolute atomic E-state index is 12.4. The fourth-order valence-electron chi connectivity index (χ4n) is 2.44. The molecule has 1 aromatic heterocycles. The Balaban J connectivity index is 1.67.